The number of ether oxygens (including phenoxy) is 1. The van der Waals surface area contributed by atoms with Gasteiger partial charge in [0.2, 0.25) is 0 Å². The molecule has 0 N–H and O–H groups in total. The van der Waals surface area contributed by atoms with Crippen LogP contribution in [0.4, 0.5) is 11.4 Å². The standard InChI is InChI=1S/C24H18ClN3O6/c1-2-34-17-10-8-16(9-11-17)26(22(29)15-7-12-20(25)21(13-15)28(32)33)14-27-23(30)18-5-3-4-6-19(18)24(27)31/h3-13H,2,14H2,1H3. The van der Waals surface area contributed by atoms with E-state index >= 15 is 0 Å². The first-order chi connectivity index (χ1) is 16.3. The van der Waals surface area contributed by atoms with Crippen molar-refractivity contribution in [2.24, 2.45) is 0 Å². The number of nitrogens with zero attached hydrogens (tertiary/aromatic N) is 3. The quantitative estimate of drug-likeness (QED) is 0.279. The minimum Gasteiger partial charge on any atom is -0.494 e. The smallest absolute Gasteiger partial charge is 0.288 e. The average Bonchev–Trinajstić information content (AvgIpc) is 3.08. The summed E-state index contributed by atoms with van der Waals surface area (Å²) in [5.41, 5.74) is 0.395. The predicted molar refractivity (Wildman–Crippen MR) is 124 cm³/mol. The van der Waals surface area contributed by atoms with Gasteiger partial charge in [-0.25, -0.2) is 0 Å². The van der Waals surface area contributed by atoms with Gasteiger partial charge in [0, 0.05) is 17.3 Å². The van der Waals surface area contributed by atoms with Crippen LogP contribution in [0.5, 0.6) is 5.75 Å². The molecule has 34 heavy (non-hydrogen) atoms. The minimum absolute atomic E-state index is 0.0263. The molecule has 4 rings (SSSR count). The molecule has 1 heterocycles. The van der Waals surface area contributed by atoms with Gasteiger partial charge < -0.3 is 4.74 Å². The van der Waals surface area contributed by atoms with Crippen molar-refractivity contribution in [3.63, 3.8) is 0 Å². The first-order valence-corrected chi connectivity index (χ1v) is 10.6. The third-order valence-electron chi connectivity index (χ3n) is 5.26. The molecule has 0 saturated carbocycles. The van der Waals surface area contributed by atoms with Crippen LogP contribution in [0.15, 0.2) is 66.7 Å². The van der Waals surface area contributed by atoms with E-state index in [1.165, 1.54) is 17.0 Å². The number of fused-ring (bicyclic) bond motifs is 1. The van der Waals surface area contributed by atoms with E-state index in [1.807, 2.05) is 6.92 Å². The van der Waals surface area contributed by atoms with E-state index in [0.717, 1.165) is 11.0 Å². The molecule has 1 aliphatic rings. The maximum absolute atomic E-state index is 13.5. The summed E-state index contributed by atoms with van der Waals surface area (Å²) < 4.78 is 5.44. The summed E-state index contributed by atoms with van der Waals surface area (Å²) in [5.74, 6) is -1.15. The Kier molecular flexibility index (Phi) is 6.29. The molecule has 0 saturated heterocycles. The Labute approximate surface area is 199 Å². The number of carbonyl (C=O) groups excluding carboxylic acids is 3. The Bertz CT molecular complexity index is 1270. The highest BCUT2D eigenvalue weighted by atomic mass is 35.5. The maximum Gasteiger partial charge on any atom is 0.288 e. The summed E-state index contributed by atoms with van der Waals surface area (Å²) in [6.45, 7) is 1.89. The fraction of sp³-hybridized carbons (Fsp3) is 0.125. The van der Waals surface area contributed by atoms with Crippen LogP contribution >= 0.6 is 11.6 Å². The third-order valence-corrected chi connectivity index (χ3v) is 5.57. The lowest BCUT2D eigenvalue weighted by Crippen LogP contribution is -2.44. The number of anilines is 1. The van der Waals surface area contributed by atoms with Crippen molar-refractivity contribution in [2.75, 3.05) is 18.2 Å². The van der Waals surface area contributed by atoms with Crippen LogP contribution in [0.2, 0.25) is 5.02 Å². The van der Waals surface area contributed by atoms with E-state index in [4.69, 9.17) is 16.3 Å². The first kappa shape index (κ1) is 22.9. The second-order valence-corrected chi connectivity index (χ2v) is 7.72. The highest BCUT2D eigenvalue weighted by Crippen LogP contribution is 2.29. The fourth-order valence-electron chi connectivity index (χ4n) is 3.60. The second kappa shape index (κ2) is 9.32. The Morgan fingerprint density at radius 3 is 2.21 bits per heavy atom. The molecule has 0 spiro atoms. The van der Waals surface area contributed by atoms with Crippen LogP contribution in [0, 0.1) is 10.1 Å². The van der Waals surface area contributed by atoms with Gasteiger partial charge in [-0.05, 0) is 55.5 Å². The molecule has 3 aromatic rings. The van der Waals surface area contributed by atoms with E-state index in [-0.39, 0.29) is 21.7 Å². The van der Waals surface area contributed by atoms with Gasteiger partial charge in [-0.2, -0.15) is 0 Å². The van der Waals surface area contributed by atoms with E-state index < -0.39 is 35.0 Å². The predicted octanol–water partition coefficient (Wildman–Crippen LogP) is 4.55. The molecule has 0 aromatic heterocycles. The lowest BCUT2D eigenvalue weighted by molar-refractivity contribution is -0.384. The summed E-state index contributed by atoms with van der Waals surface area (Å²) in [6.07, 6.45) is 0. The van der Waals surface area contributed by atoms with Crippen LogP contribution in [-0.2, 0) is 0 Å². The Morgan fingerprint density at radius 1 is 1.03 bits per heavy atom. The number of nitro groups is 1. The number of rotatable bonds is 7. The lowest BCUT2D eigenvalue weighted by atomic mass is 10.1. The molecule has 0 atom stereocenters. The lowest BCUT2D eigenvalue weighted by Gasteiger charge is -2.27. The zero-order valence-corrected chi connectivity index (χ0v) is 18.7. The van der Waals surface area contributed by atoms with Crippen LogP contribution in [0.3, 0.4) is 0 Å². The normalized spacial score (nSPS) is 12.5. The molecule has 3 amide bonds. The average molecular weight is 480 g/mol. The van der Waals surface area contributed by atoms with Crippen molar-refractivity contribution in [3.05, 3.63) is 98.6 Å². The van der Waals surface area contributed by atoms with Gasteiger partial charge >= 0.3 is 0 Å². The number of halogens is 1. The number of amides is 3. The third kappa shape index (κ3) is 4.20. The summed E-state index contributed by atoms with van der Waals surface area (Å²) in [6, 6.07) is 16.5. The van der Waals surface area contributed by atoms with Crippen molar-refractivity contribution < 1.29 is 24.0 Å². The summed E-state index contributed by atoms with van der Waals surface area (Å²) in [4.78, 5) is 52.1. The summed E-state index contributed by atoms with van der Waals surface area (Å²) in [5, 5.41) is 11.2. The molecule has 1 aliphatic heterocycles. The largest absolute Gasteiger partial charge is 0.494 e. The van der Waals surface area contributed by atoms with Gasteiger partial charge in [0.15, 0.2) is 0 Å². The van der Waals surface area contributed by atoms with Gasteiger partial charge in [0.25, 0.3) is 23.4 Å². The van der Waals surface area contributed by atoms with Crippen LogP contribution in [0.1, 0.15) is 38.0 Å². The number of carbonyl (C=O) groups is 3. The molecular weight excluding hydrogens is 462 g/mol. The van der Waals surface area contributed by atoms with Gasteiger partial charge in [-0.15, -0.1) is 0 Å². The Balaban J connectivity index is 1.73. The van der Waals surface area contributed by atoms with Crippen molar-refractivity contribution in [3.8, 4) is 5.75 Å². The van der Waals surface area contributed by atoms with Crippen molar-refractivity contribution in [1.82, 2.24) is 4.90 Å². The Morgan fingerprint density at radius 2 is 1.65 bits per heavy atom. The molecule has 0 fully saturated rings. The van der Waals surface area contributed by atoms with Gasteiger partial charge in [0.05, 0.1) is 22.7 Å². The zero-order valence-electron chi connectivity index (χ0n) is 17.9. The van der Waals surface area contributed by atoms with E-state index in [1.54, 1.807) is 48.5 Å². The minimum atomic E-state index is -0.690. The highest BCUT2D eigenvalue weighted by molar-refractivity contribution is 6.32. The van der Waals surface area contributed by atoms with Crippen molar-refractivity contribution >= 4 is 40.7 Å². The zero-order chi connectivity index (χ0) is 24.4. The summed E-state index contributed by atoms with van der Waals surface area (Å²) in [7, 11) is 0. The maximum atomic E-state index is 13.5. The van der Waals surface area contributed by atoms with Crippen LogP contribution in [-0.4, -0.2) is 40.8 Å². The number of nitro benzene ring substituents is 1. The molecule has 0 unspecified atom stereocenters. The number of hydrogen-bond acceptors (Lipinski definition) is 6. The van der Waals surface area contributed by atoms with E-state index in [9.17, 15) is 24.5 Å². The first-order valence-electron chi connectivity index (χ1n) is 10.3. The molecule has 0 bridgehead atoms. The number of benzene rings is 3. The van der Waals surface area contributed by atoms with Gasteiger partial charge in [-0.1, -0.05) is 23.7 Å². The van der Waals surface area contributed by atoms with Gasteiger partial charge in [-0.3, -0.25) is 34.3 Å². The number of hydrogen-bond donors (Lipinski definition) is 0. The van der Waals surface area contributed by atoms with Gasteiger partial charge in [0.1, 0.15) is 17.4 Å². The highest BCUT2D eigenvalue weighted by Gasteiger charge is 2.37. The SMILES string of the molecule is CCOc1ccc(N(CN2C(=O)c3ccccc3C2=O)C(=O)c2ccc(Cl)c([N+](=O)[O-])c2)cc1. The Hall–Kier alpha value is -4.24. The van der Waals surface area contributed by atoms with Crippen LogP contribution < -0.4 is 9.64 Å². The topological polar surface area (TPSA) is 110 Å². The second-order valence-electron chi connectivity index (χ2n) is 7.31. The van der Waals surface area contributed by atoms with Crippen molar-refractivity contribution in [2.45, 2.75) is 6.92 Å². The number of imide groups is 1. The monoisotopic (exact) mass is 479 g/mol. The molecule has 10 heteroatoms. The molecule has 0 aliphatic carbocycles. The van der Waals surface area contributed by atoms with E-state index in [0.29, 0.717) is 18.0 Å². The molecule has 0 radical (unpaired) electrons. The van der Waals surface area contributed by atoms with Crippen LogP contribution in [0.25, 0.3) is 0 Å². The molecule has 3 aromatic carbocycles. The molecular formula is C24H18ClN3O6. The van der Waals surface area contributed by atoms with E-state index in [2.05, 4.69) is 0 Å². The fourth-order valence-corrected chi connectivity index (χ4v) is 3.79. The molecule has 172 valence electrons. The molecule has 9 nitrogen and oxygen atoms in total. The summed E-state index contributed by atoms with van der Waals surface area (Å²) >= 11 is 5.89. The van der Waals surface area contributed by atoms with Crippen molar-refractivity contribution in [1.29, 1.82) is 0 Å².